The molecule has 1 aromatic heterocycles. The average Bonchev–Trinajstić information content (AvgIpc) is 3.44. The van der Waals surface area contributed by atoms with Crippen LogP contribution < -0.4 is 0 Å². The molecule has 0 unspecified atom stereocenters. The number of hydrogen-bond donors (Lipinski definition) is 0. The van der Waals surface area contributed by atoms with Gasteiger partial charge in [-0.2, -0.15) is 11.3 Å². The number of halogens is 2. The lowest BCUT2D eigenvalue weighted by atomic mass is 9.91. The van der Waals surface area contributed by atoms with Gasteiger partial charge in [0, 0.05) is 36.0 Å². The third kappa shape index (κ3) is 8.14. The molecule has 32 heavy (non-hydrogen) atoms. The highest BCUT2D eigenvalue weighted by Crippen LogP contribution is 2.31. The Morgan fingerprint density at radius 2 is 1.91 bits per heavy atom. The van der Waals surface area contributed by atoms with Crippen molar-refractivity contribution >= 4 is 40.3 Å². The maximum Gasteiger partial charge on any atom is 0.133 e. The van der Waals surface area contributed by atoms with E-state index in [-0.39, 0.29) is 0 Å². The number of likely N-dealkylation sites (tertiary alicyclic amines) is 2. The summed E-state index contributed by atoms with van der Waals surface area (Å²) in [6.45, 7) is 7.59. The molecule has 3 nitrogen and oxygen atoms in total. The Kier molecular flexibility index (Phi) is 10.5. The number of rotatable bonds is 7. The van der Waals surface area contributed by atoms with Gasteiger partial charge in [0.15, 0.2) is 0 Å². The monoisotopic (exact) mass is 494 g/mol. The fourth-order valence-electron chi connectivity index (χ4n) is 4.62. The molecule has 0 spiro atoms. The number of carbonyl (C=O) groups is 1. The van der Waals surface area contributed by atoms with Gasteiger partial charge in [0.25, 0.3) is 0 Å². The van der Waals surface area contributed by atoms with Crippen LogP contribution in [0.2, 0.25) is 10.0 Å². The second kappa shape index (κ2) is 13.1. The number of nitrogens with zero attached hydrogens (tertiary/aromatic N) is 2. The van der Waals surface area contributed by atoms with Crippen molar-refractivity contribution in [1.82, 2.24) is 9.80 Å². The molecule has 2 aromatic rings. The summed E-state index contributed by atoms with van der Waals surface area (Å²) in [5.74, 6) is 1.82. The zero-order valence-corrected chi connectivity index (χ0v) is 21.7. The Morgan fingerprint density at radius 3 is 2.56 bits per heavy atom. The first-order valence-electron chi connectivity index (χ1n) is 11.8. The zero-order chi connectivity index (χ0) is 22.9. The van der Waals surface area contributed by atoms with E-state index >= 15 is 0 Å². The summed E-state index contributed by atoms with van der Waals surface area (Å²) in [4.78, 5) is 16.2. The summed E-state index contributed by atoms with van der Waals surface area (Å²) in [7, 11) is 2.16. The maximum atomic E-state index is 11.4. The molecule has 4 rings (SSSR count). The number of carbonyl (C=O) groups excluding carboxylic acids is 1. The molecule has 176 valence electrons. The van der Waals surface area contributed by atoms with Gasteiger partial charge >= 0.3 is 0 Å². The lowest BCUT2D eigenvalue weighted by molar-refractivity contribution is -0.120. The van der Waals surface area contributed by atoms with Crippen molar-refractivity contribution in [1.29, 1.82) is 0 Å². The van der Waals surface area contributed by atoms with Crippen LogP contribution >= 0.6 is 34.5 Å². The first-order valence-corrected chi connectivity index (χ1v) is 13.5. The Morgan fingerprint density at radius 1 is 1.12 bits per heavy atom. The highest BCUT2D eigenvalue weighted by molar-refractivity contribution is 7.08. The Bertz CT molecular complexity index is 834. The molecule has 2 fully saturated rings. The van der Waals surface area contributed by atoms with Crippen LogP contribution in [0, 0.1) is 5.92 Å². The average molecular weight is 496 g/mol. The second-order valence-corrected chi connectivity index (χ2v) is 10.9. The van der Waals surface area contributed by atoms with Gasteiger partial charge < -0.3 is 4.90 Å². The minimum Gasteiger partial charge on any atom is -0.306 e. The third-order valence-electron chi connectivity index (χ3n) is 6.58. The molecule has 0 aliphatic carbocycles. The van der Waals surface area contributed by atoms with Crippen molar-refractivity contribution in [3.8, 4) is 0 Å². The molecule has 0 radical (unpaired) electrons. The van der Waals surface area contributed by atoms with Crippen LogP contribution in [0.3, 0.4) is 0 Å². The number of benzene rings is 1. The van der Waals surface area contributed by atoms with E-state index in [0.29, 0.717) is 22.6 Å². The predicted molar refractivity (Wildman–Crippen MR) is 138 cm³/mol. The number of thiophene rings is 1. The molecular formula is C26H36Cl2N2OS. The number of ketones is 1. The van der Waals surface area contributed by atoms with Crippen LogP contribution in [0.15, 0.2) is 35.0 Å². The van der Waals surface area contributed by atoms with E-state index in [1.807, 2.05) is 18.2 Å². The van der Waals surface area contributed by atoms with Gasteiger partial charge in [0.1, 0.15) is 5.78 Å². The van der Waals surface area contributed by atoms with E-state index in [0.717, 1.165) is 49.5 Å². The first kappa shape index (κ1) is 25.7. The van der Waals surface area contributed by atoms with E-state index in [9.17, 15) is 4.79 Å². The molecule has 2 aliphatic rings. The highest BCUT2D eigenvalue weighted by Gasteiger charge is 2.24. The minimum absolute atomic E-state index is 0.469. The molecule has 2 saturated heterocycles. The third-order valence-corrected chi connectivity index (χ3v) is 7.87. The molecule has 2 aliphatic heterocycles. The van der Waals surface area contributed by atoms with Crippen LogP contribution in [0.1, 0.15) is 62.5 Å². The Hall–Kier alpha value is -0.910. The van der Waals surface area contributed by atoms with Gasteiger partial charge in [-0.3, -0.25) is 9.69 Å². The van der Waals surface area contributed by atoms with Crippen molar-refractivity contribution in [3.63, 3.8) is 0 Å². The van der Waals surface area contributed by atoms with Gasteiger partial charge in [0.05, 0.1) is 0 Å². The first-order chi connectivity index (χ1) is 15.4. The van der Waals surface area contributed by atoms with Crippen molar-refractivity contribution < 1.29 is 4.79 Å². The molecule has 1 atom stereocenters. The second-order valence-electron chi connectivity index (χ2n) is 9.25. The van der Waals surface area contributed by atoms with E-state index < -0.39 is 0 Å². The van der Waals surface area contributed by atoms with Gasteiger partial charge in [-0.1, -0.05) is 36.2 Å². The Labute approximate surface area is 207 Å². The van der Waals surface area contributed by atoms with Crippen molar-refractivity contribution in [2.75, 3.05) is 33.2 Å². The van der Waals surface area contributed by atoms with Crippen LogP contribution in [0.4, 0.5) is 0 Å². The Balaban J connectivity index is 0.000000195. The number of hydrogen-bond acceptors (Lipinski definition) is 4. The van der Waals surface area contributed by atoms with Crippen LogP contribution in [-0.2, 0) is 11.3 Å². The number of Topliss-reactive ketones (excluding diaryl/α,β-unsaturated/α-hetero) is 1. The summed E-state index contributed by atoms with van der Waals surface area (Å²) in [6, 6.07) is 8.01. The fourth-order valence-corrected chi connectivity index (χ4v) is 5.83. The predicted octanol–water partition coefficient (Wildman–Crippen LogP) is 7.13. The van der Waals surface area contributed by atoms with Gasteiger partial charge in [-0.25, -0.2) is 0 Å². The van der Waals surface area contributed by atoms with Crippen molar-refractivity contribution in [2.24, 2.45) is 5.92 Å². The largest absolute Gasteiger partial charge is 0.306 e. The maximum absolute atomic E-state index is 11.4. The molecule has 6 heteroatoms. The SMILES string of the molecule is CCCC(=O)CC1CCN(C)CC1.Clc1ccc(CN2CC[C@@H](c3ccsc3)C2)c(Cl)c1. The van der Waals surface area contributed by atoms with E-state index in [1.165, 1.54) is 37.9 Å². The summed E-state index contributed by atoms with van der Waals surface area (Å²) in [6.07, 6.45) is 6.29. The topological polar surface area (TPSA) is 23.6 Å². The standard InChI is InChI=1S/C15H15Cl2NS.C11H21NO/c16-14-2-1-12(15(17)7-14)9-18-5-3-11(8-18)13-4-6-19-10-13;1-3-4-11(13)9-10-5-7-12(2)8-6-10/h1-2,4,6-7,10-11H,3,5,8-9H2;10H,3-9H2,1-2H3/t11-;/m1./s1. The molecule has 0 bridgehead atoms. The molecule has 1 aromatic carbocycles. The summed E-state index contributed by atoms with van der Waals surface area (Å²) in [5, 5.41) is 5.90. The summed E-state index contributed by atoms with van der Waals surface area (Å²) < 4.78 is 0. The van der Waals surface area contributed by atoms with E-state index in [1.54, 1.807) is 11.3 Å². The lowest BCUT2D eigenvalue weighted by Gasteiger charge is -2.28. The smallest absolute Gasteiger partial charge is 0.133 e. The molecule has 0 saturated carbocycles. The molecule has 0 N–H and O–H groups in total. The molecule has 0 amide bonds. The fraction of sp³-hybridized carbons (Fsp3) is 0.577. The number of piperidine rings is 1. The van der Waals surface area contributed by atoms with Crippen LogP contribution in [-0.4, -0.2) is 48.8 Å². The summed E-state index contributed by atoms with van der Waals surface area (Å²) >= 11 is 13.9. The van der Waals surface area contributed by atoms with Crippen LogP contribution in [0.5, 0.6) is 0 Å². The van der Waals surface area contributed by atoms with Gasteiger partial charge in [-0.15, -0.1) is 0 Å². The molecular weight excluding hydrogens is 459 g/mol. The minimum atomic E-state index is 0.469. The zero-order valence-electron chi connectivity index (χ0n) is 19.4. The van der Waals surface area contributed by atoms with Crippen molar-refractivity contribution in [3.05, 3.63) is 56.2 Å². The quantitative estimate of drug-likeness (QED) is 0.408. The summed E-state index contributed by atoms with van der Waals surface area (Å²) in [5.41, 5.74) is 2.65. The highest BCUT2D eigenvalue weighted by atomic mass is 35.5. The normalized spacial score (nSPS) is 20.2. The molecule has 3 heterocycles. The lowest BCUT2D eigenvalue weighted by Crippen LogP contribution is -2.31. The van der Waals surface area contributed by atoms with Gasteiger partial charge in [-0.05, 0) is 104 Å². The van der Waals surface area contributed by atoms with Crippen molar-refractivity contribution in [2.45, 2.75) is 57.9 Å². The van der Waals surface area contributed by atoms with E-state index in [2.05, 4.69) is 40.6 Å². The van der Waals surface area contributed by atoms with E-state index in [4.69, 9.17) is 23.2 Å². The van der Waals surface area contributed by atoms with Crippen LogP contribution in [0.25, 0.3) is 0 Å². The van der Waals surface area contributed by atoms with Gasteiger partial charge in [0.2, 0.25) is 0 Å².